The number of methoxy groups -OCH3 is 1. The molecule has 1 aromatic rings. The summed E-state index contributed by atoms with van der Waals surface area (Å²) in [6, 6.07) is 9.35. The number of nitrogens with two attached hydrogens (primary N) is 1. The smallest absolute Gasteiger partial charge is 0.306 e. The molecule has 0 aliphatic carbocycles. The highest BCUT2D eigenvalue weighted by molar-refractivity contribution is 5.69. The molecule has 0 bridgehead atoms. The van der Waals surface area contributed by atoms with Gasteiger partial charge in [0.15, 0.2) is 0 Å². The molecule has 0 saturated heterocycles. The van der Waals surface area contributed by atoms with E-state index >= 15 is 0 Å². The third-order valence-electron chi connectivity index (χ3n) is 2.89. The SMILES string of the molecule is COCCOCOC[C@@H](N)CCC(=O)OCc1ccccc1. The zero-order valence-corrected chi connectivity index (χ0v) is 13.0. The van der Waals surface area contributed by atoms with Crippen molar-refractivity contribution >= 4 is 5.97 Å². The molecule has 0 aromatic heterocycles. The van der Waals surface area contributed by atoms with Crippen LogP contribution in [-0.2, 0) is 30.3 Å². The Morgan fingerprint density at radius 3 is 2.68 bits per heavy atom. The normalized spacial score (nSPS) is 12.1. The molecule has 0 radical (unpaired) electrons. The minimum Gasteiger partial charge on any atom is -0.461 e. The van der Waals surface area contributed by atoms with Crippen molar-refractivity contribution in [3.05, 3.63) is 35.9 Å². The van der Waals surface area contributed by atoms with E-state index < -0.39 is 0 Å². The summed E-state index contributed by atoms with van der Waals surface area (Å²) in [4.78, 5) is 11.6. The lowest BCUT2D eigenvalue weighted by Crippen LogP contribution is -2.28. The van der Waals surface area contributed by atoms with Crippen molar-refractivity contribution in [2.45, 2.75) is 25.5 Å². The summed E-state index contributed by atoms with van der Waals surface area (Å²) in [6.45, 7) is 1.83. The van der Waals surface area contributed by atoms with Crippen LogP contribution in [0.25, 0.3) is 0 Å². The van der Waals surface area contributed by atoms with Crippen molar-refractivity contribution in [3.8, 4) is 0 Å². The fourth-order valence-electron chi connectivity index (χ4n) is 1.66. The van der Waals surface area contributed by atoms with Crippen molar-refractivity contribution in [2.24, 2.45) is 5.73 Å². The number of ether oxygens (including phenoxy) is 4. The third kappa shape index (κ3) is 9.46. The average molecular weight is 311 g/mol. The van der Waals surface area contributed by atoms with Crippen molar-refractivity contribution in [2.75, 3.05) is 33.7 Å². The number of carbonyl (C=O) groups excluding carboxylic acids is 1. The monoisotopic (exact) mass is 311 g/mol. The molecule has 0 unspecified atom stereocenters. The van der Waals surface area contributed by atoms with E-state index in [0.29, 0.717) is 32.8 Å². The molecule has 0 heterocycles. The van der Waals surface area contributed by atoms with E-state index in [1.165, 1.54) is 0 Å². The van der Waals surface area contributed by atoms with Crippen molar-refractivity contribution in [3.63, 3.8) is 0 Å². The Labute approximate surface area is 131 Å². The highest BCUT2D eigenvalue weighted by Crippen LogP contribution is 2.04. The van der Waals surface area contributed by atoms with Gasteiger partial charge < -0.3 is 24.7 Å². The van der Waals surface area contributed by atoms with Gasteiger partial charge in [-0.25, -0.2) is 0 Å². The molecule has 1 atom stereocenters. The van der Waals surface area contributed by atoms with Crippen LogP contribution < -0.4 is 5.73 Å². The van der Waals surface area contributed by atoms with E-state index in [1.54, 1.807) is 7.11 Å². The number of esters is 1. The minimum atomic E-state index is -0.254. The van der Waals surface area contributed by atoms with Gasteiger partial charge in [0.2, 0.25) is 0 Å². The molecule has 124 valence electrons. The second-order valence-corrected chi connectivity index (χ2v) is 4.83. The molecule has 1 aromatic carbocycles. The molecule has 22 heavy (non-hydrogen) atoms. The molecule has 6 nitrogen and oxygen atoms in total. The van der Waals surface area contributed by atoms with E-state index in [4.69, 9.17) is 24.7 Å². The molecule has 0 aliphatic rings. The lowest BCUT2D eigenvalue weighted by molar-refractivity contribution is -0.145. The first-order valence-corrected chi connectivity index (χ1v) is 7.32. The maximum atomic E-state index is 11.6. The number of rotatable bonds is 12. The van der Waals surface area contributed by atoms with Crippen LogP contribution in [0.1, 0.15) is 18.4 Å². The van der Waals surface area contributed by atoms with Crippen LogP contribution in [0.2, 0.25) is 0 Å². The number of carbonyl (C=O) groups is 1. The molecule has 0 fully saturated rings. The van der Waals surface area contributed by atoms with Gasteiger partial charge in [-0.05, 0) is 12.0 Å². The number of hydrogen-bond donors (Lipinski definition) is 1. The van der Waals surface area contributed by atoms with Gasteiger partial charge in [-0.1, -0.05) is 30.3 Å². The van der Waals surface area contributed by atoms with Gasteiger partial charge in [0.25, 0.3) is 0 Å². The number of benzene rings is 1. The van der Waals surface area contributed by atoms with Crippen LogP contribution in [0, 0.1) is 0 Å². The topological polar surface area (TPSA) is 80.0 Å². The van der Waals surface area contributed by atoms with Gasteiger partial charge in [-0.3, -0.25) is 4.79 Å². The van der Waals surface area contributed by atoms with Crippen LogP contribution in [0.4, 0.5) is 0 Å². The molecule has 6 heteroatoms. The van der Waals surface area contributed by atoms with Gasteiger partial charge in [-0.2, -0.15) is 0 Å². The third-order valence-corrected chi connectivity index (χ3v) is 2.89. The maximum Gasteiger partial charge on any atom is 0.306 e. The summed E-state index contributed by atoms with van der Waals surface area (Å²) in [5, 5.41) is 0. The molecule has 0 aliphatic heterocycles. The summed E-state index contributed by atoms with van der Waals surface area (Å²) in [5.74, 6) is -0.254. The van der Waals surface area contributed by atoms with E-state index in [2.05, 4.69) is 0 Å². The van der Waals surface area contributed by atoms with Crippen LogP contribution >= 0.6 is 0 Å². The summed E-state index contributed by atoms with van der Waals surface area (Å²) >= 11 is 0. The second-order valence-electron chi connectivity index (χ2n) is 4.83. The predicted octanol–water partition coefficient (Wildman–Crippen LogP) is 1.47. The quantitative estimate of drug-likeness (QED) is 0.358. The van der Waals surface area contributed by atoms with Crippen LogP contribution in [0.3, 0.4) is 0 Å². The summed E-state index contributed by atoms with van der Waals surface area (Å²) in [6.07, 6.45) is 0.799. The number of hydrogen-bond acceptors (Lipinski definition) is 6. The Morgan fingerprint density at radius 2 is 1.95 bits per heavy atom. The summed E-state index contributed by atoms with van der Waals surface area (Å²) in [5.41, 5.74) is 6.83. The second kappa shape index (κ2) is 12.1. The molecular formula is C16H25NO5. The largest absolute Gasteiger partial charge is 0.461 e. The highest BCUT2D eigenvalue weighted by Gasteiger charge is 2.08. The van der Waals surface area contributed by atoms with Crippen LogP contribution in [0.5, 0.6) is 0 Å². The van der Waals surface area contributed by atoms with Gasteiger partial charge in [0.1, 0.15) is 13.4 Å². The first-order chi connectivity index (χ1) is 10.7. The van der Waals surface area contributed by atoms with E-state index in [1.807, 2.05) is 30.3 Å². The Balaban J connectivity index is 2.01. The Morgan fingerprint density at radius 1 is 1.18 bits per heavy atom. The van der Waals surface area contributed by atoms with Crippen LogP contribution in [0.15, 0.2) is 30.3 Å². The Bertz CT molecular complexity index is 399. The predicted molar refractivity (Wildman–Crippen MR) is 82.1 cm³/mol. The standard InChI is InChI=1S/C16H25NO5/c1-19-9-10-20-13-21-12-15(17)7-8-16(18)22-11-14-5-3-2-4-6-14/h2-6,15H,7-13,17H2,1H3/t15-/m0/s1. The first-order valence-electron chi connectivity index (χ1n) is 7.32. The first kappa shape index (κ1) is 18.6. The lowest BCUT2D eigenvalue weighted by atomic mass is 10.2. The van der Waals surface area contributed by atoms with E-state index in [-0.39, 0.29) is 25.2 Å². The van der Waals surface area contributed by atoms with Gasteiger partial charge in [-0.15, -0.1) is 0 Å². The van der Waals surface area contributed by atoms with Gasteiger partial charge >= 0.3 is 5.97 Å². The molecule has 0 amide bonds. The Kier molecular flexibility index (Phi) is 10.2. The molecule has 0 saturated carbocycles. The van der Waals surface area contributed by atoms with Gasteiger partial charge in [0, 0.05) is 19.6 Å². The zero-order chi connectivity index (χ0) is 16.0. The minimum absolute atomic E-state index is 0.176. The molecular weight excluding hydrogens is 286 g/mol. The maximum absolute atomic E-state index is 11.6. The Hall–Kier alpha value is -1.47. The molecule has 1 rings (SSSR count). The molecule has 0 spiro atoms. The zero-order valence-electron chi connectivity index (χ0n) is 13.0. The highest BCUT2D eigenvalue weighted by atomic mass is 16.7. The average Bonchev–Trinajstić information content (AvgIpc) is 2.55. The van der Waals surface area contributed by atoms with E-state index in [0.717, 1.165) is 5.56 Å². The van der Waals surface area contributed by atoms with Crippen molar-refractivity contribution < 1.29 is 23.7 Å². The van der Waals surface area contributed by atoms with E-state index in [9.17, 15) is 4.79 Å². The molecule has 2 N–H and O–H groups in total. The lowest BCUT2D eigenvalue weighted by Gasteiger charge is -2.12. The van der Waals surface area contributed by atoms with Gasteiger partial charge in [0.05, 0.1) is 19.8 Å². The van der Waals surface area contributed by atoms with Crippen molar-refractivity contribution in [1.82, 2.24) is 0 Å². The summed E-state index contributed by atoms with van der Waals surface area (Å²) < 4.78 is 20.4. The summed E-state index contributed by atoms with van der Waals surface area (Å²) in [7, 11) is 1.61. The van der Waals surface area contributed by atoms with Crippen LogP contribution in [-0.4, -0.2) is 45.7 Å². The fraction of sp³-hybridized carbons (Fsp3) is 0.562. The van der Waals surface area contributed by atoms with Crippen molar-refractivity contribution in [1.29, 1.82) is 0 Å². The fourth-order valence-corrected chi connectivity index (χ4v) is 1.66.